The molecule has 0 aromatic heterocycles. The minimum absolute atomic E-state index is 0.0210. The number of piperidine rings is 1. The third-order valence-electron chi connectivity index (χ3n) is 8.46. The maximum atomic E-state index is 15.2. The lowest BCUT2D eigenvalue weighted by Crippen LogP contribution is -2.55. The molecular weight excluding hydrogens is 509 g/mol. The van der Waals surface area contributed by atoms with Gasteiger partial charge in [-0.05, 0) is 57.6 Å². The molecule has 1 aliphatic carbocycles. The molecule has 1 heterocycles. The smallest absolute Gasteiger partial charge is 0.317 e. The highest BCUT2D eigenvalue weighted by atomic mass is 35.5. The summed E-state index contributed by atoms with van der Waals surface area (Å²) in [5, 5.41) is 28.9. The third-order valence-corrected chi connectivity index (χ3v) is 8.75. The van der Waals surface area contributed by atoms with Gasteiger partial charge in [-0.1, -0.05) is 55.8 Å². The van der Waals surface area contributed by atoms with Crippen LogP contribution in [0.3, 0.4) is 0 Å². The van der Waals surface area contributed by atoms with Crippen LogP contribution in [0, 0.1) is 17.7 Å². The van der Waals surface area contributed by atoms with Crippen LogP contribution in [0.2, 0.25) is 5.02 Å². The van der Waals surface area contributed by atoms with Crippen LogP contribution in [-0.4, -0.2) is 73.7 Å². The zero-order chi connectivity index (χ0) is 27.5. The van der Waals surface area contributed by atoms with Gasteiger partial charge in [0, 0.05) is 44.8 Å². The normalized spacial score (nSPS) is 22.1. The maximum absolute atomic E-state index is 15.2. The van der Waals surface area contributed by atoms with Gasteiger partial charge in [-0.2, -0.15) is 0 Å². The third kappa shape index (κ3) is 8.28. The van der Waals surface area contributed by atoms with Gasteiger partial charge in [0.2, 0.25) is 0 Å². The predicted molar refractivity (Wildman–Crippen MR) is 149 cm³/mol. The number of urea groups is 1. The summed E-state index contributed by atoms with van der Waals surface area (Å²) in [5.41, 5.74) is -1.27. The maximum Gasteiger partial charge on any atom is 0.317 e. The predicted octanol–water partition coefficient (Wildman–Crippen LogP) is 4.82. The number of ether oxygens (including phenoxy) is 1. The lowest BCUT2D eigenvalue weighted by atomic mass is 9.74. The first-order valence-corrected chi connectivity index (χ1v) is 14.7. The summed E-state index contributed by atoms with van der Waals surface area (Å²) in [7, 11) is 3.43. The van der Waals surface area contributed by atoms with Crippen molar-refractivity contribution in [2.45, 2.75) is 88.4 Å². The second kappa shape index (κ2) is 15.4. The van der Waals surface area contributed by atoms with Crippen molar-refractivity contribution < 1.29 is 24.1 Å². The number of carbonyl (C=O) groups is 1. The van der Waals surface area contributed by atoms with E-state index in [1.807, 2.05) is 0 Å². The Balaban J connectivity index is 1.75. The van der Waals surface area contributed by atoms with Crippen molar-refractivity contribution in [3.63, 3.8) is 0 Å². The van der Waals surface area contributed by atoms with E-state index in [-0.39, 0.29) is 28.6 Å². The molecule has 1 aromatic rings. The van der Waals surface area contributed by atoms with Gasteiger partial charge in [-0.15, -0.1) is 0 Å². The Labute approximate surface area is 232 Å². The average Bonchev–Trinajstić information content (AvgIpc) is 2.93. The molecule has 1 aromatic carbocycles. The van der Waals surface area contributed by atoms with Crippen molar-refractivity contribution in [3.05, 3.63) is 34.6 Å². The summed E-state index contributed by atoms with van der Waals surface area (Å²) in [6.07, 6.45) is 9.09. The lowest BCUT2D eigenvalue weighted by Gasteiger charge is -2.43. The van der Waals surface area contributed by atoms with Crippen molar-refractivity contribution in [3.8, 4) is 0 Å². The summed E-state index contributed by atoms with van der Waals surface area (Å²) >= 11 is 6.10. The van der Waals surface area contributed by atoms with E-state index in [2.05, 4.69) is 10.6 Å². The quantitative estimate of drug-likeness (QED) is 0.262. The van der Waals surface area contributed by atoms with Crippen molar-refractivity contribution in [2.75, 3.05) is 40.4 Å². The van der Waals surface area contributed by atoms with Crippen molar-refractivity contribution >= 4 is 17.6 Å². The molecule has 2 amide bonds. The van der Waals surface area contributed by atoms with E-state index >= 15 is 4.39 Å². The number of likely N-dealkylation sites (N-methyl/N-ethyl adjacent to an activating group) is 1. The largest absolute Gasteiger partial charge is 0.390 e. The van der Waals surface area contributed by atoms with E-state index < -0.39 is 17.5 Å². The molecule has 3 rings (SSSR count). The number of nitrogens with zero attached hydrogens (tertiary/aromatic N) is 1. The molecule has 1 aliphatic heterocycles. The molecule has 7 nitrogen and oxygen atoms in total. The molecule has 4 atom stereocenters. The molecule has 2 fully saturated rings. The summed E-state index contributed by atoms with van der Waals surface area (Å²) in [5.74, 6) is -0.457. The Bertz CT molecular complexity index is 872. The molecule has 0 spiro atoms. The summed E-state index contributed by atoms with van der Waals surface area (Å²) in [6.45, 7) is 1.81. The van der Waals surface area contributed by atoms with Gasteiger partial charge >= 0.3 is 6.03 Å². The number of nitrogens with one attached hydrogen (secondary N) is 2. The fraction of sp³-hybridized carbons (Fsp3) is 0.759. The zero-order valence-corrected chi connectivity index (χ0v) is 23.8. The van der Waals surface area contributed by atoms with Crippen LogP contribution in [0.1, 0.15) is 76.2 Å². The molecule has 2 aliphatic rings. The second-order valence-electron chi connectivity index (χ2n) is 11.2. The van der Waals surface area contributed by atoms with Gasteiger partial charge < -0.3 is 30.5 Å². The number of hydrogen-bond acceptors (Lipinski definition) is 5. The van der Waals surface area contributed by atoms with E-state index in [4.69, 9.17) is 16.3 Å². The monoisotopic (exact) mass is 555 g/mol. The Morgan fingerprint density at radius 3 is 2.71 bits per heavy atom. The molecule has 0 bridgehead atoms. The molecule has 4 N–H and O–H groups in total. The number of rotatable bonds is 13. The van der Waals surface area contributed by atoms with Gasteiger partial charge in [0.25, 0.3) is 0 Å². The van der Waals surface area contributed by atoms with E-state index in [1.165, 1.54) is 25.3 Å². The molecule has 1 saturated carbocycles. The minimum atomic E-state index is -1.46. The SMILES string of the molecule is CNC[C@@H](O)[C@H](CC1CCCCC1)NC(=O)N1CCC[C@@H]([C@@](O)(CCCCOC)c2cccc(Cl)c2F)C1. The lowest BCUT2D eigenvalue weighted by molar-refractivity contribution is -0.0589. The van der Waals surface area contributed by atoms with Gasteiger partial charge in [0.1, 0.15) is 5.82 Å². The number of halogens is 2. The first-order valence-electron chi connectivity index (χ1n) is 14.3. The van der Waals surface area contributed by atoms with Crippen LogP contribution in [0.5, 0.6) is 0 Å². The Morgan fingerprint density at radius 2 is 2.00 bits per heavy atom. The number of aliphatic hydroxyl groups excluding tert-OH is 1. The first kappa shape index (κ1) is 31.1. The molecule has 0 unspecified atom stereocenters. The molecule has 0 radical (unpaired) electrons. The molecule has 9 heteroatoms. The van der Waals surface area contributed by atoms with Crippen LogP contribution in [0.25, 0.3) is 0 Å². The number of likely N-dealkylation sites (tertiary alicyclic amines) is 1. The number of carbonyl (C=O) groups excluding carboxylic acids is 1. The highest BCUT2D eigenvalue weighted by Gasteiger charge is 2.43. The molecule has 38 heavy (non-hydrogen) atoms. The van der Waals surface area contributed by atoms with Crippen LogP contribution >= 0.6 is 11.6 Å². The number of aliphatic hydroxyl groups is 2. The van der Waals surface area contributed by atoms with Crippen molar-refractivity contribution in [2.24, 2.45) is 11.8 Å². The number of amides is 2. The van der Waals surface area contributed by atoms with Gasteiger partial charge in [0.05, 0.1) is 22.8 Å². The summed E-state index contributed by atoms with van der Waals surface area (Å²) in [6, 6.07) is 4.16. The minimum Gasteiger partial charge on any atom is -0.390 e. The van der Waals surface area contributed by atoms with E-state index in [0.717, 1.165) is 25.7 Å². The number of benzene rings is 1. The average molecular weight is 556 g/mol. The van der Waals surface area contributed by atoms with Crippen LogP contribution in [0.15, 0.2) is 18.2 Å². The van der Waals surface area contributed by atoms with Gasteiger partial charge in [0.15, 0.2) is 0 Å². The van der Waals surface area contributed by atoms with E-state index in [0.29, 0.717) is 57.8 Å². The molecule has 1 saturated heterocycles. The standard InChI is InChI=1S/C29H47ClFN3O4/c1-32-19-26(35)25(18-21-10-4-3-5-11-21)33-28(36)34-16-9-12-22(20-34)29(37,15-6-7-17-38-2)23-13-8-14-24(30)27(23)31/h8,13-14,21-22,25-26,32,35,37H,3-7,9-12,15-20H2,1-2H3,(H,33,36)/t22-,25+,26-,29+/m1/s1. The number of methoxy groups -OCH3 is 1. The summed E-state index contributed by atoms with van der Waals surface area (Å²) < 4.78 is 20.4. The van der Waals surface area contributed by atoms with Gasteiger partial charge in [-0.3, -0.25) is 0 Å². The first-order chi connectivity index (χ1) is 18.3. The van der Waals surface area contributed by atoms with Crippen LogP contribution in [0.4, 0.5) is 9.18 Å². The Hall–Kier alpha value is -1.45. The highest BCUT2D eigenvalue weighted by Crippen LogP contribution is 2.42. The highest BCUT2D eigenvalue weighted by molar-refractivity contribution is 6.30. The van der Waals surface area contributed by atoms with E-state index in [1.54, 1.807) is 31.2 Å². The van der Waals surface area contributed by atoms with Crippen molar-refractivity contribution in [1.82, 2.24) is 15.5 Å². The Morgan fingerprint density at radius 1 is 1.24 bits per heavy atom. The van der Waals surface area contributed by atoms with Crippen LogP contribution < -0.4 is 10.6 Å². The molecule has 216 valence electrons. The van der Waals surface area contributed by atoms with E-state index in [9.17, 15) is 15.0 Å². The van der Waals surface area contributed by atoms with Gasteiger partial charge in [-0.25, -0.2) is 9.18 Å². The Kier molecular flexibility index (Phi) is 12.6. The second-order valence-corrected chi connectivity index (χ2v) is 11.6. The van der Waals surface area contributed by atoms with Crippen molar-refractivity contribution in [1.29, 1.82) is 0 Å². The fourth-order valence-corrected chi connectivity index (χ4v) is 6.46. The molecular formula is C29H47ClFN3O4. The zero-order valence-electron chi connectivity index (χ0n) is 23.1. The fourth-order valence-electron chi connectivity index (χ4n) is 6.28. The number of hydrogen-bond donors (Lipinski definition) is 4. The van der Waals surface area contributed by atoms with Crippen LogP contribution in [-0.2, 0) is 10.3 Å². The number of unbranched alkanes of at least 4 members (excludes halogenated alkanes) is 1. The topological polar surface area (TPSA) is 94.1 Å². The summed E-state index contributed by atoms with van der Waals surface area (Å²) in [4.78, 5) is 15.2.